The van der Waals surface area contributed by atoms with E-state index in [0.717, 1.165) is 25.7 Å². The van der Waals surface area contributed by atoms with E-state index in [1.807, 2.05) is 0 Å². The molecule has 0 aromatic heterocycles. The lowest BCUT2D eigenvalue weighted by atomic mass is 9.78. The molecule has 1 rings (SSSR count). The molecule has 1 aliphatic rings. The number of nitrogens with one attached hydrogen (secondary N) is 2. The average molecular weight is 399 g/mol. The molecule has 1 fully saturated rings. The lowest BCUT2D eigenvalue weighted by Gasteiger charge is -2.31. The van der Waals surface area contributed by atoms with Crippen LogP contribution >= 0.6 is 0 Å². The summed E-state index contributed by atoms with van der Waals surface area (Å²) in [5.41, 5.74) is 11.3. The van der Waals surface area contributed by atoms with Crippen molar-refractivity contribution in [2.24, 2.45) is 29.2 Å². The number of ketones is 1. The molecule has 0 spiro atoms. The van der Waals surface area contributed by atoms with Gasteiger partial charge < -0.3 is 27.2 Å². The van der Waals surface area contributed by atoms with Gasteiger partial charge in [-0.25, -0.2) is 0 Å². The Bertz CT molecular complexity index is 518. The third-order valence-corrected chi connectivity index (χ3v) is 5.56. The van der Waals surface area contributed by atoms with Crippen LogP contribution in [-0.2, 0) is 14.4 Å². The maximum Gasteiger partial charge on any atom is 0.245 e. The van der Waals surface area contributed by atoms with Crippen molar-refractivity contribution in [3.63, 3.8) is 0 Å². The molecule has 0 radical (unpaired) electrons. The van der Waals surface area contributed by atoms with Gasteiger partial charge in [0.05, 0.1) is 12.1 Å². The quantitative estimate of drug-likeness (QED) is 0.332. The van der Waals surface area contributed by atoms with E-state index in [2.05, 4.69) is 10.6 Å². The molecule has 28 heavy (non-hydrogen) atoms. The van der Waals surface area contributed by atoms with Gasteiger partial charge in [-0.1, -0.05) is 33.1 Å². The zero-order chi connectivity index (χ0) is 21.3. The fourth-order valence-corrected chi connectivity index (χ4v) is 3.87. The molecule has 0 aromatic rings. The molecule has 0 aliphatic heterocycles. The highest BCUT2D eigenvalue weighted by Gasteiger charge is 2.34. The molecule has 0 saturated heterocycles. The van der Waals surface area contributed by atoms with Crippen LogP contribution in [0.1, 0.15) is 59.3 Å². The Kier molecular flexibility index (Phi) is 10.6. The summed E-state index contributed by atoms with van der Waals surface area (Å²) < 4.78 is 0. The molecule has 0 heterocycles. The van der Waals surface area contributed by atoms with E-state index in [-0.39, 0.29) is 36.0 Å². The first-order chi connectivity index (χ1) is 13.2. The molecular formula is C20H38N4O4. The molecule has 0 bridgehead atoms. The molecule has 4 atom stereocenters. The Labute approximate surface area is 168 Å². The molecule has 1 saturated carbocycles. The van der Waals surface area contributed by atoms with Gasteiger partial charge in [0.1, 0.15) is 6.04 Å². The van der Waals surface area contributed by atoms with Gasteiger partial charge in [0, 0.05) is 18.4 Å². The number of amides is 2. The van der Waals surface area contributed by atoms with Crippen molar-refractivity contribution in [2.45, 2.75) is 77.5 Å². The van der Waals surface area contributed by atoms with Gasteiger partial charge in [-0.05, 0) is 38.6 Å². The van der Waals surface area contributed by atoms with Gasteiger partial charge in [0.15, 0.2) is 5.78 Å². The summed E-state index contributed by atoms with van der Waals surface area (Å²) in [5, 5.41) is 15.3. The van der Waals surface area contributed by atoms with Crippen molar-refractivity contribution in [3.05, 3.63) is 0 Å². The minimum absolute atomic E-state index is 0.0406. The molecule has 7 N–H and O–H groups in total. The standard InChI is InChI=1S/C20H38N4O4/c1-12(2)18(26)16(11-22)23-20(28)17(13(3)25)24-19(27)15(9-10-21)14-7-5-4-6-8-14/h12-17,25H,4-11,21-22H2,1-3H3,(H,23,28)(H,24,27)/t13?,15?,16-,17-/m0/s1. The van der Waals surface area contributed by atoms with E-state index < -0.39 is 24.1 Å². The van der Waals surface area contributed by atoms with Crippen molar-refractivity contribution in [1.82, 2.24) is 10.6 Å². The number of rotatable bonds is 11. The lowest BCUT2D eigenvalue weighted by molar-refractivity contribution is -0.136. The van der Waals surface area contributed by atoms with Gasteiger partial charge in [-0.15, -0.1) is 0 Å². The Balaban J connectivity index is 2.84. The largest absolute Gasteiger partial charge is 0.391 e. The second-order valence-electron chi connectivity index (χ2n) is 8.16. The molecule has 2 unspecified atom stereocenters. The van der Waals surface area contributed by atoms with Crippen LogP contribution in [0.2, 0.25) is 0 Å². The minimum Gasteiger partial charge on any atom is -0.391 e. The van der Waals surface area contributed by atoms with Gasteiger partial charge in [0.25, 0.3) is 0 Å². The van der Waals surface area contributed by atoms with Crippen LogP contribution in [0.5, 0.6) is 0 Å². The zero-order valence-corrected chi connectivity index (χ0v) is 17.4. The first kappa shape index (κ1) is 24.5. The van der Waals surface area contributed by atoms with E-state index >= 15 is 0 Å². The normalized spacial score (nSPS) is 19.5. The lowest BCUT2D eigenvalue weighted by Crippen LogP contribution is -2.58. The fraction of sp³-hybridized carbons (Fsp3) is 0.850. The summed E-state index contributed by atoms with van der Waals surface area (Å²) in [5.74, 6) is -1.37. The number of carbonyl (C=O) groups is 3. The summed E-state index contributed by atoms with van der Waals surface area (Å²) in [4.78, 5) is 37.7. The Hall–Kier alpha value is -1.51. The molecular weight excluding hydrogens is 360 g/mol. The Morgan fingerprint density at radius 2 is 1.61 bits per heavy atom. The molecule has 1 aliphatic carbocycles. The number of carbonyl (C=O) groups excluding carboxylic acids is 3. The van der Waals surface area contributed by atoms with Crippen LogP contribution in [0.4, 0.5) is 0 Å². The van der Waals surface area contributed by atoms with Crippen LogP contribution in [0, 0.1) is 17.8 Å². The topological polar surface area (TPSA) is 148 Å². The zero-order valence-electron chi connectivity index (χ0n) is 17.4. The van der Waals surface area contributed by atoms with E-state index in [0.29, 0.717) is 13.0 Å². The summed E-state index contributed by atoms with van der Waals surface area (Å²) in [7, 11) is 0. The molecule has 0 aromatic carbocycles. The van der Waals surface area contributed by atoms with Crippen LogP contribution in [0.25, 0.3) is 0 Å². The third-order valence-electron chi connectivity index (χ3n) is 5.56. The Morgan fingerprint density at radius 3 is 2.07 bits per heavy atom. The highest BCUT2D eigenvalue weighted by molar-refractivity contribution is 5.94. The van der Waals surface area contributed by atoms with Gasteiger partial charge in [-0.2, -0.15) is 0 Å². The number of aliphatic hydroxyl groups excluding tert-OH is 1. The molecule has 2 amide bonds. The molecule has 162 valence electrons. The summed E-state index contributed by atoms with van der Waals surface area (Å²) in [6.07, 6.45) is 4.74. The van der Waals surface area contributed by atoms with Crippen LogP contribution in [-0.4, -0.2) is 54.0 Å². The van der Waals surface area contributed by atoms with Crippen LogP contribution in [0.15, 0.2) is 0 Å². The number of Topliss-reactive ketones (excluding diaryl/α,β-unsaturated/α-hetero) is 1. The van der Waals surface area contributed by atoms with E-state index in [4.69, 9.17) is 11.5 Å². The summed E-state index contributed by atoms with van der Waals surface area (Å²) in [6.45, 7) is 5.24. The summed E-state index contributed by atoms with van der Waals surface area (Å²) >= 11 is 0. The second-order valence-corrected chi connectivity index (χ2v) is 8.16. The molecule has 8 heteroatoms. The van der Waals surface area contributed by atoms with Crippen molar-refractivity contribution in [3.8, 4) is 0 Å². The Morgan fingerprint density at radius 1 is 1.00 bits per heavy atom. The predicted molar refractivity (Wildman–Crippen MR) is 108 cm³/mol. The van der Waals surface area contributed by atoms with E-state index in [1.54, 1.807) is 13.8 Å². The third kappa shape index (κ3) is 7.14. The number of aliphatic hydroxyl groups is 1. The second kappa shape index (κ2) is 12.1. The van der Waals surface area contributed by atoms with Gasteiger partial charge >= 0.3 is 0 Å². The van der Waals surface area contributed by atoms with Crippen molar-refractivity contribution >= 4 is 17.6 Å². The summed E-state index contributed by atoms with van der Waals surface area (Å²) in [6, 6.07) is -1.99. The number of hydrogen-bond acceptors (Lipinski definition) is 6. The highest BCUT2D eigenvalue weighted by Crippen LogP contribution is 2.31. The first-order valence-electron chi connectivity index (χ1n) is 10.5. The number of nitrogens with two attached hydrogens (primary N) is 2. The van der Waals surface area contributed by atoms with Crippen molar-refractivity contribution in [1.29, 1.82) is 0 Å². The fourth-order valence-electron chi connectivity index (χ4n) is 3.87. The predicted octanol–water partition coefficient (Wildman–Crippen LogP) is 0.0659. The van der Waals surface area contributed by atoms with Gasteiger partial charge in [-0.3, -0.25) is 14.4 Å². The number of hydrogen-bond donors (Lipinski definition) is 5. The maximum atomic E-state index is 12.9. The van der Waals surface area contributed by atoms with Gasteiger partial charge in [0.2, 0.25) is 11.8 Å². The van der Waals surface area contributed by atoms with E-state index in [1.165, 1.54) is 13.3 Å². The first-order valence-corrected chi connectivity index (χ1v) is 10.5. The highest BCUT2D eigenvalue weighted by atomic mass is 16.3. The maximum absolute atomic E-state index is 12.9. The molecule has 8 nitrogen and oxygen atoms in total. The smallest absolute Gasteiger partial charge is 0.245 e. The SMILES string of the molecule is CC(C)C(=O)[C@H](CN)NC(=O)[C@@H](NC(=O)C(CCN)C1CCCCC1)C(C)O. The average Bonchev–Trinajstić information content (AvgIpc) is 2.67. The van der Waals surface area contributed by atoms with Crippen LogP contribution in [0.3, 0.4) is 0 Å². The minimum atomic E-state index is -1.15. The van der Waals surface area contributed by atoms with Crippen LogP contribution < -0.4 is 22.1 Å². The van der Waals surface area contributed by atoms with E-state index in [9.17, 15) is 19.5 Å². The monoisotopic (exact) mass is 398 g/mol. The van der Waals surface area contributed by atoms with Crippen molar-refractivity contribution in [2.75, 3.05) is 13.1 Å². The van der Waals surface area contributed by atoms with Crippen molar-refractivity contribution < 1.29 is 19.5 Å².